The van der Waals surface area contributed by atoms with Gasteiger partial charge >= 0.3 is 0 Å². The van der Waals surface area contributed by atoms with Crippen LogP contribution in [-0.2, 0) is 19.6 Å². The summed E-state index contributed by atoms with van der Waals surface area (Å²) in [5.41, 5.74) is 2.15. The van der Waals surface area contributed by atoms with Crippen molar-refractivity contribution in [2.45, 2.75) is 82.8 Å². The lowest BCUT2D eigenvalue weighted by atomic mass is 9.90. The molecule has 3 N–H and O–H groups in total. The number of halogens is 1. The van der Waals surface area contributed by atoms with E-state index < -0.39 is 33.5 Å². The monoisotopic (exact) mass is 581 g/mol. The average Bonchev–Trinajstić information content (AvgIpc) is 2.84. The van der Waals surface area contributed by atoms with E-state index in [0.29, 0.717) is 18.5 Å². The van der Waals surface area contributed by atoms with Crippen molar-refractivity contribution in [2.24, 2.45) is 0 Å². The molecule has 2 aromatic carbocycles. The van der Waals surface area contributed by atoms with Gasteiger partial charge in [0.25, 0.3) is 11.8 Å². The number of nitrogens with one attached hydrogen (secondary N) is 2. The van der Waals surface area contributed by atoms with E-state index in [9.17, 15) is 23.1 Å². The molecule has 0 bridgehead atoms. The molecule has 0 aliphatic heterocycles. The Kier molecular flexibility index (Phi) is 11.1. The Morgan fingerprint density at radius 1 is 1.00 bits per heavy atom. The van der Waals surface area contributed by atoms with Crippen LogP contribution < -0.4 is 15.2 Å². The van der Waals surface area contributed by atoms with Crippen LogP contribution in [0, 0.1) is 6.92 Å². The number of hydrazine groups is 1. The predicted octanol–water partition coefficient (Wildman–Crippen LogP) is 4.60. The average molecular weight is 583 g/mol. The number of carbonyl (C=O) groups is 2. The second-order valence-electron chi connectivity index (χ2n) is 8.99. The van der Waals surface area contributed by atoms with Gasteiger partial charge in [-0.15, -0.1) is 0 Å². The maximum absolute atomic E-state index is 13.5. The first kappa shape index (κ1) is 30.0. The van der Waals surface area contributed by atoms with Gasteiger partial charge < -0.3 is 5.11 Å². The molecule has 0 spiro atoms. The minimum Gasteiger partial charge on any atom is -0.380 e. The number of anilines is 1. The van der Waals surface area contributed by atoms with Crippen LogP contribution in [0.3, 0.4) is 0 Å². The van der Waals surface area contributed by atoms with Crippen molar-refractivity contribution in [1.29, 1.82) is 0 Å². The van der Waals surface area contributed by atoms with E-state index >= 15 is 0 Å². The second-order valence-corrected chi connectivity index (χ2v) is 11.6. The lowest BCUT2D eigenvalue weighted by molar-refractivity contribution is -0.143. The Hall–Kier alpha value is -2.27. The van der Waals surface area contributed by atoms with E-state index in [0.717, 1.165) is 27.9 Å². The Labute approximate surface area is 222 Å². The van der Waals surface area contributed by atoms with Crippen LogP contribution in [0.1, 0.15) is 64.9 Å². The third kappa shape index (κ3) is 8.12. The van der Waals surface area contributed by atoms with E-state index in [-0.39, 0.29) is 17.7 Å². The topological polar surface area (TPSA) is 116 Å². The van der Waals surface area contributed by atoms with E-state index in [4.69, 9.17) is 0 Å². The minimum absolute atomic E-state index is 0.0282. The number of benzene rings is 2. The molecular formula is C26H36BrN3O5S. The van der Waals surface area contributed by atoms with Gasteiger partial charge in [0.2, 0.25) is 10.0 Å². The van der Waals surface area contributed by atoms with Crippen LogP contribution >= 0.6 is 15.9 Å². The van der Waals surface area contributed by atoms with Crippen molar-refractivity contribution >= 4 is 43.5 Å². The first-order chi connectivity index (χ1) is 16.9. The first-order valence-electron chi connectivity index (χ1n) is 12.2. The number of amides is 2. The molecule has 0 aromatic heterocycles. The van der Waals surface area contributed by atoms with Crippen LogP contribution in [0.2, 0.25) is 0 Å². The van der Waals surface area contributed by atoms with Crippen LogP contribution in [0.4, 0.5) is 5.69 Å². The summed E-state index contributed by atoms with van der Waals surface area (Å²) < 4.78 is 28.9. The maximum Gasteiger partial charge on any atom is 0.270 e. The summed E-state index contributed by atoms with van der Waals surface area (Å²) in [6.45, 7) is 7.19. The smallest absolute Gasteiger partial charge is 0.270 e. The normalized spacial score (nSPS) is 12.7. The number of sulfonamides is 1. The van der Waals surface area contributed by atoms with Crippen molar-refractivity contribution in [2.75, 3.05) is 5.01 Å². The summed E-state index contributed by atoms with van der Waals surface area (Å²) in [5.74, 6) is -1.40. The molecule has 2 aromatic rings. The SMILES string of the molecule is CCCCC(O)(CCCC)C(=O)NN(C(=O)C(C)NS(=O)(=O)c1ccc(C)cc1)c1ccc(Br)cc1. The van der Waals surface area contributed by atoms with Gasteiger partial charge in [0.15, 0.2) is 0 Å². The van der Waals surface area contributed by atoms with Crippen molar-refractivity contribution in [3.05, 3.63) is 58.6 Å². The molecule has 36 heavy (non-hydrogen) atoms. The van der Waals surface area contributed by atoms with E-state index in [1.807, 2.05) is 20.8 Å². The zero-order valence-corrected chi connectivity index (χ0v) is 23.7. The Morgan fingerprint density at radius 2 is 1.53 bits per heavy atom. The standard InChI is InChI=1S/C26H36BrN3O5S/c1-5-7-17-26(33,18-8-6-2)25(32)28-30(22-13-11-21(27)12-14-22)24(31)20(4)29-36(34,35)23-15-9-19(3)10-16-23/h9-16,20,29,33H,5-8,17-18H2,1-4H3,(H,28,32). The molecule has 1 atom stereocenters. The first-order valence-corrected chi connectivity index (χ1v) is 14.4. The van der Waals surface area contributed by atoms with Crippen LogP contribution in [0.5, 0.6) is 0 Å². The van der Waals surface area contributed by atoms with Gasteiger partial charge in [-0.2, -0.15) is 4.72 Å². The number of hydrogen-bond donors (Lipinski definition) is 3. The Balaban J connectivity index is 2.34. The fraction of sp³-hybridized carbons (Fsp3) is 0.462. The summed E-state index contributed by atoms with van der Waals surface area (Å²) in [6.07, 6.45) is 3.41. The van der Waals surface area contributed by atoms with Gasteiger partial charge in [0, 0.05) is 4.47 Å². The van der Waals surface area contributed by atoms with Crippen LogP contribution in [0.15, 0.2) is 57.9 Å². The summed E-state index contributed by atoms with van der Waals surface area (Å²) in [6, 6.07) is 11.7. The van der Waals surface area contributed by atoms with Gasteiger partial charge in [0.1, 0.15) is 11.6 Å². The summed E-state index contributed by atoms with van der Waals surface area (Å²) in [7, 11) is -3.99. The van der Waals surface area contributed by atoms with Gasteiger partial charge in [-0.25, -0.2) is 13.4 Å². The molecule has 0 radical (unpaired) electrons. The molecular weight excluding hydrogens is 546 g/mol. The number of nitrogens with zero attached hydrogens (tertiary/aromatic N) is 1. The highest BCUT2D eigenvalue weighted by Crippen LogP contribution is 2.24. The third-order valence-electron chi connectivity index (χ3n) is 5.86. The lowest BCUT2D eigenvalue weighted by Gasteiger charge is -2.32. The highest BCUT2D eigenvalue weighted by atomic mass is 79.9. The summed E-state index contributed by atoms with van der Waals surface area (Å²) >= 11 is 3.35. The predicted molar refractivity (Wildman–Crippen MR) is 145 cm³/mol. The molecule has 0 aliphatic rings. The quantitative estimate of drug-likeness (QED) is 0.317. The van der Waals surface area contributed by atoms with Gasteiger partial charge in [-0.3, -0.25) is 15.0 Å². The van der Waals surface area contributed by atoms with E-state index in [1.165, 1.54) is 19.1 Å². The van der Waals surface area contributed by atoms with Crippen LogP contribution in [-0.4, -0.2) is 37.0 Å². The Morgan fingerprint density at radius 3 is 2.03 bits per heavy atom. The molecule has 0 saturated heterocycles. The second kappa shape index (κ2) is 13.3. The molecule has 10 heteroatoms. The van der Waals surface area contributed by atoms with Crippen molar-refractivity contribution in [3.63, 3.8) is 0 Å². The molecule has 2 rings (SSSR count). The fourth-order valence-corrected chi connectivity index (χ4v) is 5.06. The van der Waals surface area contributed by atoms with Gasteiger partial charge in [-0.05, 0) is 63.1 Å². The third-order valence-corrected chi connectivity index (χ3v) is 7.95. The Bertz CT molecular complexity index is 1110. The zero-order chi connectivity index (χ0) is 26.9. The van der Waals surface area contributed by atoms with Gasteiger partial charge in [0.05, 0.1) is 10.6 Å². The molecule has 0 aliphatic carbocycles. The number of unbranched alkanes of at least 4 members (excludes halogenated alkanes) is 2. The molecule has 8 nitrogen and oxygen atoms in total. The molecule has 2 amide bonds. The highest BCUT2D eigenvalue weighted by molar-refractivity contribution is 9.10. The lowest BCUT2D eigenvalue weighted by Crippen LogP contribution is -2.59. The zero-order valence-electron chi connectivity index (χ0n) is 21.3. The summed E-state index contributed by atoms with van der Waals surface area (Å²) in [4.78, 5) is 26.8. The number of aliphatic hydroxyl groups is 1. The molecule has 0 saturated carbocycles. The summed E-state index contributed by atoms with van der Waals surface area (Å²) in [5, 5.41) is 12.2. The molecule has 1 unspecified atom stereocenters. The van der Waals surface area contributed by atoms with Crippen molar-refractivity contribution in [3.8, 4) is 0 Å². The minimum atomic E-state index is -3.99. The molecule has 0 fully saturated rings. The molecule has 198 valence electrons. The number of hydrogen-bond acceptors (Lipinski definition) is 5. The van der Waals surface area contributed by atoms with E-state index in [1.54, 1.807) is 36.4 Å². The number of carbonyl (C=O) groups excluding carboxylic acids is 2. The maximum atomic E-state index is 13.5. The fourth-order valence-electron chi connectivity index (χ4n) is 3.60. The number of aryl methyl sites for hydroxylation is 1. The number of rotatable bonds is 12. The van der Waals surface area contributed by atoms with Crippen LogP contribution in [0.25, 0.3) is 0 Å². The van der Waals surface area contributed by atoms with Crippen molar-refractivity contribution < 1.29 is 23.1 Å². The van der Waals surface area contributed by atoms with Crippen molar-refractivity contribution in [1.82, 2.24) is 10.1 Å². The highest BCUT2D eigenvalue weighted by Gasteiger charge is 2.37. The molecule has 0 heterocycles. The van der Waals surface area contributed by atoms with E-state index in [2.05, 4.69) is 26.1 Å². The largest absolute Gasteiger partial charge is 0.380 e. The van der Waals surface area contributed by atoms with Gasteiger partial charge in [-0.1, -0.05) is 73.2 Å².